The smallest absolute Gasteiger partial charge is 0.182 e. The quantitative estimate of drug-likeness (QED) is 0.273. The van der Waals surface area contributed by atoms with Crippen molar-refractivity contribution in [2.45, 2.75) is 13.2 Å². The van der Waals surface area contributed by atoms with Gasteiger partial charge in [-0.2, -0.15) is 0 Å². The third-order valence-electron chi connectivity index (χ3n) is 5.86. The highest BCUT2D eigenvalue weighted by molar-refractivity contribution is 6.35. The van der Waals surface area contributed by atoms with Gasteiger partial charge in [0.2, 0.25) is 0 Å². The Morgan fingerprint density at radius 1 is 1.03 bits per heavy atom. The first-order valence-corrected chi connectivity index (χ1v) is 11.8. The number of hydrogen-bond donors (Lipinski definition) is 2. The summed E-state index contributed by atoms with van der Waals surface area (Å²) in [5.74, 6) is 0.675. The number of H-pyrrole nitrogens is 1. The molecule has 0 saturated heterocycles. The summed E-state index contributed by atoms with van der Waals surface area (Å²) in [5.41, 5.74) is 4.60. The van der Waals surface area contributed by atoms with Crippen molar-refractivity contribution in [2.24, 2.45) is 0 Å². The molecule has 10 heteroatoms. The van der Waals surface area contributed by atoms with Crippen molar-refractivity contribution in [2.75, 3.05) is 5.32 Å². The Balaban J connectivity index is 1.43. The summed E-state index contributed by atoms with van der Waals surface area (Å²) in [6, 6.07) is 15.7. The van der Waals surface area contributed by atoms with Crippen molar-refractivity contribution in [3.8, 4) is 17.0 Å². The fourth-order valence-electron chi connectivity index (χ4n) is 4.11. The van der Waals surface area contributed by atoms with Crippen molar-refractivity contribution in [3.63, 3.8) is 0 Å². The summed E-state index contributed by atoms with van der Waals surface area (Å²) in [6.07, 6.45) is 6.43. The summed E-state index contributed by atoms with van der Waals surface area (Å²) in [4.78, 5) is 24.7. The van der Waals surface area contributed by atoms with Crippen LogP contribution in [-0.4, -0.2) is 29.9 Å². The third kappa shape index (κ3) is 4.64. The molecule has 0 atom stereocenters. The van der Waals surface area contributed by atoms with E-state index in [0.717, 1.165) is 16.5 Å². The molecule has 0 aliphatic heterocycles. The summed E-state index contributed by atoms with van der Waals surface area (Å²) < 4.78 is 20.7. The number of halogens is 2. The maximum atomic E-state index is 14.5. The number of anilines is 1. The van der Waals surface area contributed by atoms with Crippen molar-refractivity contribution in [1.82, 2.24) is 29.9 Å². The zero-order chi connectivity index (χ0) is 25.2. The molecule has 0 unspecified atom stereocenters. The Kier molecular flexibility index (Phi) is 6.03. The molecule has 0 spiro atoms. The lowest BCUT2D eigenvalue weighted by molar-refractivity contribution is 0.306. The molecule has 0 saturated carbocycles. The maximum absolute atomic E-state index is 14.5. The minimum Gasteiger partial charge on any atom is -0.488 e. The molecule has 2 aromatic carbocycles. The predicted molar refractivity (Wildman–Crippen MR) is 140 cm³/mol. The number of pyridine rings is 2. The molecular weight excluding hydrogens is 493 g/mol. The number of rotatable bonds is 7. The SMILES string of the molecule is Fc1ccc(OCc2cccnc2)c(-c2nc3c(Cl)cccc3cc2CNc2ncnc3nc[nH]c23)c1. The van der Waals surface area contributed by atoms with Crippen LogP contribution < -0.4 is 10.1 Å². The van der Waals surface area contributed by atoms with Crippen molar-refractivity contribution in [1.29, 1.82) is 0 Å². The van der Waals surface area contributed by atoms with Gasteiger partial charge in [-0.1, -0.05) is 29.8 Å². The van der Waals surface area contributed by atoms with Gasteiger partial charge in [-0.25, -0.2) is 24.3 Å². The van der Waals surface area contributed by atoms with E-state index in [1.54, 1.807) is 30.9 Å². The molecule has 0 bridgehead atoms. The zero-order valence-electron chi connectivity index (χ0n) is 19.3. The van der Waals surface area contributed by atoms with E-state index in [4.69, 9.17) is 21.3 Å². The van der Waals surface area contributed by atoms with Gasteiger partial charge < -0.3 is 15.0 Å². The molecule has 0 aliphatic rings. The number of aromatic amines is 1. The molecule has 0 amide bonds. The van der Waals surface area contributed by atoms with Crippen LogP contribution in [0.2, 0.25) is 5.02 Å². The van der Waals surface area contributed by atoms with E-state index in [0.29, 0.717) is 51.1 Å². The van der Waals surface area contributed by atoms with Crippen LogP contribution in [0, 0.1) is 5.82 Å². The Morgan fingerprint density at radius 2 is 1.97 bits per heavy atom. The molecule has 0 radical (unpaired) electrons. The van der Waals surface area contributed by atoms with Crippen LogP contribution in [0.25, 0.3) is 33.3 Å². The number of imidazole rings is 1. The topological polar surface area (TPSA) is 102 Å². The monoisotopic (exact) mass is 511 g/mol. The van der Waals surface area contributed by atoms with E-state index >= 15 is 0 Å². The predicted octanol–water partition coefficient (Wildman–Crippen LogP) is 5.95. The van der Waals surface area contributed by atoms with Crippen molar-refractivity contribution < 1.29 is 9.13 Å². The van der Waals surface area contributed by atoms with E-state index < -0.39 is 5.82 Å². The van der Waals surface area contributed by atoms with Gasteiger partial charge in [-0.15, -0.1) is 0 Å². The van der Waals surface area contributed by atoms with Crippen LogP contribution >= 0.6 is 11.6 Å². The number of benzene rings is 2. The third-order valence-corrected chi connectivity index (χ3v) is 6.16. The molecule has 2 N–H and O–H groups in total. The lowest BCUT2D eigenvalue weighted by atomic mass is 10.0. The molecule has 37 heavy (non-hydrogen) atoms. The average Bonchev–Trinajstić information content (AvgIpc) is 3.41. The van der Waals surface area contributed by atoms with Gasteiger partial charge in [0, 0.05) is 35.5 Å². The number of ether oxygens (including phenoxy) is 1. The number of fused-ring (bicyclic) bond motifs is 2. The summed E-state index contributed by atoms with van der Waals surface area (Å²) in [5, 5.41) is 4.69. The standard InChI is InChI=1S/C27H19ClFN7O/c28-21-5-1-4-17-9-18(12-31-26-25-27(33-14-32-25)35-15-34-26)23(36-24(17)21)20-10-19(29)6-7-22(20)37-13-16-3-2-8-30-11-16/h1-11,14-15H,12-13H2,(H2,31,32,33,34,35). The van der Waals surface area contributed by atoms with E-state index in [2.05, 4.69) is 30.2 Å². The molecular formula is C27H19ClFN7O. The minimum atomic E-state index is -0.404. The van der Waals surface area contributed by atoms with Gasteiger partial charge in [0.15, 0.2) is 11.5 Å². The van der Waals surface area contributed by atoms with Gasteiger partial charge in [0.25, 0.3) is 0 Å². The lowest BCUT2D eigenvalue weighted by Crippen LogP contribution is -2.06. The highest BCUT2D eigenvalue weighted by Gasteiger charge is 2.17. The maximum Gasteiger partial charge on any atom is 0.182 e. The number of para-hydroxylation sites is 1. The Labute approximate surface area is 215 Å². The van der Waals surface area contributed by atoms with Gasteiger partial charge in [-0.05, 0) is 42.0 Å². The highest BCUT2D eigenvalue weighted by atomic mass is 35.5. The second kappa shape index (κ2) is 9.79. The number of hydrogen-bond acceptors (Lipinski definition) is 7. The second-order valence-corrected chi connectivity index (χ2v) is 8.68. The highest BCUT2D eigenvalue weighted by Crippen LogP contribution is 2.36. The van der Waals surface area contributed by atoms with Gasteiger partial charge in [-0.3, -0.25) is 4.98 Å². The van der Waals surface area contributed by atoms with Crippen molar-refractivity contribution >= 4 is 39.5 Å². The van der Waals surface area contributed by atoms with Crippen LogP contribution in [0.1, 0.15) is 11.1 Å². The zero-order valence-corrected chi connectivity index (χ0v) is 20.1. The van der Waals surface area contributed by atoms with E-state index in [9.17, 15) is 4.39 Å². The van der Waals surface area contributed by atoms with Crippen LogP contribution in [0.5, 0.6) is 5.75 Å². The number of nitrogens with one attached hydrogen (secondary N) is 2. The number of aromatic nitrogens is 6. The Morgan fingerprint density at radius 3 is 2.86 bits per heavy atom. The fraction of sp³-hybridized carbons (Fsp3) is 0.0741. The Hall–Kier alpha value is -4.63. The van der Waals surface area contributed by atoms with Crippen LogP contribution in [0.15, 0.2) is 79.6 Å². The molecule has 4 aromatic heterocycles. The fourth-order valence-corrected chi connectivity index (χ4v) is 4.33. The first-order chi connectivity index (χ1) is 18.2. The molecule has 0 fully saturated rings. The van der Waals surface area contributed by atoms with Crippen molar-refractivity contribution in [3.05, 3.63) is 102 Å². The second-order valence-electron chi connectivity index (χ2n) is 8.28. The molecule has 4 heterocycles. The number of nitrogens with zero attached hydrogens (tertiary/aromatic N) is 5. The van der Waals surface area contributed by atoms with Gasteiger partial charge >= 0.3 is 0 Å². The first-order valence-electron chi connectivity index (χ1n) is 11.4. The van der Waals surface area contributed by atoms with E-state index in [1.807, 2.05) is 30.3 Å². The van der Waals surface area contributed by atoms with Crippen LogP contribution in [0.3, 0.4) is 0 Å². The summed E-state index contributed by atoms with van der Waals surface area (Å²) >= 11 is 6.49. The summed E-state index contributed by atoms with van der Waals surface area (Å²) in [6.45, 7) is 0.613. The first kappa shape index (κ1) is 22.8. The molecule has 182 valence electrons. The minimum absolute atomic E-state index is 0.271. The van der Waals surface area contributed by atoms with E-state index in [1.165, 1.54) is 18.5 Å². The Bertz CT molecular complexity index is 1730. The molecule has 0 aliphatic carbocycles. The van der Waals surface area contributed by atoms with Crippen LogP contribution in [0.4, 0.5) is 10.2 Å². The van der Waals surface area contributed by atoms with Gasteiger partial charge in [0.05, 0.1) is 22.6 Å². The van der Waals surface area contributed by atoms with E-state index in [-0.39, 0.29) is 6.61 Å². The van der Waals surface area contributed by atoms with Crippen LogP contribution in [-0.2, 0) is 13.2 Å². The molecule has 8 nitrogen and oxygen atoms in total. The lowest BCUT2D eigenvalue weighted by Gasteiger charge is -2.16. The molecule has 6 aromatic rings. The van der Waals surface area contributed by atoms with Gasteiger partial charge in [0.1, 0.15) is 30.0 Å². The largest absolute Gasteiger partial charge is 0.488 e. The normalized spacial score (nSPS) is 11.2. The summed E-state index contributed by atoms with van der Waals surface area (Å²) in [7, 11) is 0. The molecule has 6 rings (SSSR count). The average molecular weight is 512 g/mol.